The minimum Gasteiger partial charge on any atom is -0.452 e. The molecule has 0 bridgehead atoms. The zero-order chi connectivity index (χ0) is 21.8. The summed E-state index contributed by atoms with van der Waals surface area (Å²) in [5.41, 5.74) is 2.56. The van der Waals surface area contributed by atoms with E-state index in [0.29, 0.717) is 11.3 Å². The summed E-state index contributed by atoms with van der Waals surface area (Å²) in [6, 6.07) is 11.9. The van der Waals surface area contributed by atoms with Crippen LogP contribution in [0, 0.1) is 20.2 Å². The number of carbonyl (C=O) groups excluding carboxylic acids is 1. The Kier molecular flexibility index (Phi) is 7.67. The molecule has 0 spiro atoms. The van der Waals surface area contributed by atoms with Gasteiger partial charge in [0, 0.05) is 12.5 Å². The molecule has 0 saturated carbocycles. The summed E-state index contributed by atoms with van der Waals surface area (Å²) < 4.78 is 5.13. The maximum Gasteiger partial charge on any atom is 0.351 e. The second-order valence-corrected chi connectivity index (χ2v) is 6.80. The monoisotopic (exact) mass is 466 g/mol. The number of nitrogens with zero attached hydrogens (tertiary/aromatic N) is 3. The Labute approximate surface area is 186 Å². The van der Waals surface area contributed by atoms with Gasteiger partial charge in [0.1, 0.15) is 16.8 Å². The van der Waals surface area contributed by atoms with Crippen molar-refractivity contribution in [3.05, 3.63) is 84.4 Å². The van der Waals surface area contributed by atoms with Crippen LogP contribution in [0.1, 0.15) is 19.4 Å². The highest BCUT2D eigenvalue weighted by atomic mass is 35.5. The number of benzene rings is 2. The normalized spacial score (nSPS) is 15.9. The van der Waals surface area contributed by atoms with Gasteiger partial charge < -0.3 is 4.74 Å². The molecule has 1 aliphatic rings. The van der Waals surface area contributed by atoms with Gasteiger partial charge in [-0.2, -0.15) is 5.10 Å². The van der Waals surface area contributed by atoms with Crippen molar-refractivity contribution in [3.8, 4) is 0 Å². The first-order valence-corrected chi connectivity index (χ1v) is 9.10. The molecule has 31 heavy (non-hydrogen) atoms. The highest BCUT2D eigenvalue weighted by Crippen LogP contribution is 2.32. The first-order chi connectivity index (χ1) is 14.3. The largest absolute Gasteiger partial charge is 0.452 e. The molecule has 3 rings (SSSR count). The molecule has 1 aliphatic heterocycles. The van der Waals surface area contributed by atoms with Crippen LogP contribution in [0.2, 0.25) is 0 Å². The maximum atomic E-state index is 11.6. The Bertz CT molecular complexity index is 1090. The number of esters is 1. The molecular formula is C19H16Cl2N4O6. The molecule has 0 fully saturated rings. The summed E-state index contributed by atoms with van der Waals surface area (Å²) in [4.78, 5) is 32.3. The van der Waals surface area contributed by atoms with Gasteiger partial charge in [-0.25, -0.2) is 4.79 Å². The van der Waals surface area contributed by atoms with Crippen LogP contribution in [0.3, 0.4) is 0 Å². The third-order valence-electron chi connectivity index (χ3n) is 4.11. The molecular weight excluding hydrogens is 451 g/mol. The van der Waals surface area contributed by atoms with Crippen molar-refractivity contribution in [2.45, 2.75) is 20.0 Å². The van der Waals surface area contributed by atoms with Gasteiger partial charge in [-0.1, -0.05) is 61.0 Å². The van der Waals surface area contributed by atoms with Gasteiger partial charge in [-0.05, 0) is 11.6 Å². The minimum atomic E-state index is -0.862. The molecule has 0 aliphatic carbocycles. The van der Waals surface area contributed by atoms with E-state index in [9.17, 15) is 25.0 Å². The molecule has 1 heterocycles. The topological polar surface area (TPSA) is 137 Å². The second kappa shape index (κ2) is 10.0. The standard InChI is InChI=1S/C18H12Cl2N4O6.CH4/c19-16-15(30-18(25)17(16)20)9-13(10-4-2-1-3-5-10)22-21-12-7-6-11(23(26)27)8-14(12)24(28)29;/h1-8,15,21H,9H2;1H4/b22-13-;. The van der Waals surface area contributed by atoms with E-state index in [0.717, 1.165) is 12.1 Å². The number of hydrogen-bond acceptors (Lipinski definition) is 8. The van der Waals surface area contributed by atoms with Gasteiger partial charge in [-0.3, -0.25) is 25.7 Å². The van der Waals surface area contributed by atoms with Gasteiger partial charge in [0.05, 0.1) is 26.7 Å². The van der Waals surface area contributed by atoms with Crippen LogP contribution in [0.5, 0.6) is 0 Å². The lowest BCUT2D eigenvalue weighted by Crippen LogP contribution is -2.17. The lowest BCUT2D eigenvalue weighted by molar-refractivity contribution is -0.393. The van der Waals surface area contributed by atoms with Gasteiger partial charge >= 0.3 is 11.7 Å². The number of halogens is 2. The van der Waals surface area contributed by atoms with Crippen molar-refractivity contribution in [3.63, 3.8) is 0 Å². The molecule has 0 amide bonds. The number of cyclic esters (lactones) is 1. The van der Waals surface area contributed by atoms with Crippen LogP contribution < -0.4 is 5.43 Å². The van der Waals surface area contributed by atoms with Gasteiger partial charge in [0.15, 0.2) is 0 Å². The van der Waals surface area contributed by atoms with Crippen molar-refractivity contribution in [2.24, 2.45) is 5.10 Å². The van der Waals surface area contributed by atoms with E-state index in [-0.39, 0.29) is 29.6 Å². The molecule has 1 unspecified atom stereocenters. The van der Waals surface area contributed by atoms with Gasteiger partial charge in [-0.15, -0.1) is 0 Å². The molecule has 2 aromatic carbocycles. The molecule has 10 nitrogen and oxygen atoms in total. The summed E-state index contributed by atoms with van der Waals surface area (Å²) in [5, 5.41) is 26.2. The number of hydrazone groups is 1. The zero-order valence-corrected chi connectivity index (χ0v) is 16.5. The number of nitrogens with one attached hydrogen (secondary N) is 1. The molecule has 12 heteroatoms. The number of hydrogen-bond donors (Lipinski definition) is 1. The van der Waals surface area contributed by atoms with E-state index in [1.807, 2.05) is 0 Å². The number of rotatable bonds is 7. The highest BCUT2D eigenvalue weighted by molar-refractivity contribution is 6.48. The van der Waals surface area contributed by atoms with Crippen molar-refractivity contribution >= 4 is 51.9 Å². The number of anilines is 1. The smallest absolute Gasteiger partial charge is 0.351 e. The van der Waals surface area contributed by atoms with E-state index in [4.69, 9.17) is 27.9 Å². The molecule has 0 aromatic heterocycles. The number of ether oxygens (including phenoxy) is 1. The highest BCUT2D eigenvalue weighted by Gasteiger charge is 2.33. The summed E-state index contributed by atoms with van der Waals surface area (Å²) in [7, 11) is 0. The summed E-state index contributed by atoms with van der Waals surface area (Å²) in [6.45, 7) is 0. The Morgan fingerprint density at radius 1 is 1.10 bits per heavy atom. The minimum absolute atomic E-state index is 0. The fourth-order valence-electron chi connectivity index (χ4n) is 2.64. The zero-order valence-electron chi connectivity index (χ0n) is 15.0. The number of non-ortho nitro benzene ring substituents is 1. The molecule has 1 N–H and O–H groups in total. The Hall–Kier alpha value is -3.50. The van der Waals surface area contributed by atoms with Crippen molar-refractivity contribution in [2.75, 3.05) is 5.43 Å². The summed E-state index contributed by atoms with van der Waals surface area (Å²) >= 11 is 11.9. The Balaban J connectivity index is 0.00000341. The summed E-state index contributed by atoms with van der Waals surface area (Å²) in [5.74, 6) is -0.752. The van der Waals surface area contributed by atoms with Crippen LogP contribution in [0.15, 0.2) is 63.7 Å². The first-order valence-electron chi connectivity index (χ1n) is 8.35. The molecule has 0 saturated heterocycles. The molecule has 2 aromatic rings. The van der Waals surface area contributed by atoms with Crippen molar-refractivity contribution in [1.29, 1.82) is 0 Å². The predicted molar refractivity (Wildman–Crippen MR) is 116 cm³/mol. The average molecular weight is 467 g/mol. The summed E-state index contributed by atoms with van der Waals surface area (Å²) in [6.07, 6.45) is -0.822. The van der Waals surface area contributed by atoms with Crippen LogP contribution in [-0.2, 0) is 9.53 Å². The quantitative estimate of drug-likeness (QED) is 0.263. The Morgan fingerprint density at radius 3 is 2.32 bits per heavy atom. The molecule has 0 radical (unpaired) electrons. The van der Waals surface area contributed by atoms with Crippen molar-refractivity contribution in [1.82, 2.24) is 0 Å². The fourth-order valence-corrected chi connectivity index (χ4v) is 3.01. The molecule has 162 valence electrons. The third-order valence-corrected chi connectivity index (χ3v) is 4.99. The van der Waals surface area contributed by atoms with Crippen LogP contribution in [0.4, 0.5) is 17.1 Å². The van der Waals surface area contributed by atoms with Gasteiger partial charge in [0.2, 0.25) is 0 Å². The third kappa shape index (κ3) is 5.36. The van der Waals surface area contributed by atoms with Gasteiger partial charge in [0.25, 0.3) is 5.69 Å². The molecule has 1 atom stereocenters. The van der Waals surface area contributed by atoms with E-state index < -0.39 is 33.3 Å². The van der Waals surface area contributed by atoms with Crippen LogP contribution in [-0.4, -0.2) is 27.6 Å². The van der Waals surface area contributed by atoms with E-state index >= 15 is 0 Å². The van der Waals surface area contributed by atoms with Crippen LogP contribution >= 0.6 is 23.2 Å². The maximum absolute atomic E-state index is 11.6. The second-order valence-electron chi connectivity index (χ2n) is 6.01. The predicted octanol–water partition coefficient (Wildman–Crippen LogP) is 4.96. The number of nitro benzene ring substituents is 2. The van der Waals surface area contributed by atoms with E-state index in [2.05, 4.69) is 10.5 Å². The Morgan fingerprint density at radius 2 is 1.77 bits per heavy atom. The fraction of sp³-hybridized carbons (Fsp3) is 0.158. The lowest BCUT2D eigenvalue weighted by atomic mass is 10.0. The average Bonchev–Trinajstić information content (AvgIpc) is 2.97. The SMILES string of the molecule is C.O=C1OC(C/C(=N/Nc2ccc([N+](=O)[O-])cc2[N+](=O)[O-])c2ccccc2)C(Cl)=C1Cl. The first kappa shape index (κ1) is 23.8. The van der Waals surface area contributed by atoms with Crippen molar-refractivity contribution < 1.29 is 19.4 Å². The number of nitro groups is 2. The van der Waals surface area contributed by atoms with E-state index in [1.165, 1.54) is 6.07 Å². The number of carbonyl (C=O) groups is 1. The lowest BCUT2D eigenvalue weighted by Gasteiger charge is -2.13. The van der Waals surface area contributed by atoms with Crippen LogP contribution in [0.25, 0.3) is 0 Å². The van der Waals surface area contributed by atoms with E-state index in [1.54, 1.807) is 30.3 Å².